The van der Waals surface area contributed by atoms with Crippen molar-refractivity contribution in [1.29, 1.82) is 0 Å². The number of rotatable bonds is 2. The Hall–Kier alpha value is -2.29. The molecule has 0 fully saturated rings. The van der Waals surface area contributed by atoms with E-state index in [0.717, 1.165) is 12.1 Å². The summed E-state index contributed by atoms with van der Waals surface area (Å²) in [6, 6.07) is 15.4. The van der Waals surface area contributed by atoms with Gasteiger partial charge in [-0.3, -0.25) is 9.69 Å². The minimum absolute atomic E-state index is 0.00453. The van der Waals surface area contributed by atoms with Gasteiger partial charge in [-0.05, 0) is 36.2 Å². The Kier molecular flexibility index (Phi) is 2.95. The summed E-state index contributed by atoms with van der Waals surface area (Å²) in [7, 11) is 0. The molecule has 2 aromatic rings. The van der Waals surface area contributed by atoms with Crippen LogP contribution in [0.25, 0.3) is 0 Å². The lowest BCUT2D eigenvalue weighted by atomic mass is 10.1. The molecule has 1 heterocycles. The van der Waals surface area contributed by atoms with Crippen molar-refractivity contribution in [1.82, 2.24) is 0 Å². The highest BCUT2D eigenvalue weighted by Gasteiger charge is 2.26. The molecule has 0 radical (unpaired) electrons. The van der Waals surface area contributed by atoms with Crippen molar-refractivity contribution in [2.75, 3.05) is 11.6 Å². The van der Waals surface area contributed by atoms with Crippen LogP contribution < -0.4 is 9.64 Å². The number of ether oxygens (including phenoxy) is 1. The molecule has 0 saturated heterocycles. The number of carbonyl (C=O) groups excluding carboxylic acids is 1. The second-order valence-electron chi connectivity index (χ2n) is 4.53. The molecule has 96 valence electrons. The zero-order valence-electron chi connectivity index (χ0n) is 10.8. The third-order valence-electron chi connectivity index (χ3n) is 3.35. The first-order valence-corrected chi connectivity index (χ1v) is 6.42. The first-order valence-electron chi connectivity index (χ1n) is 6.42. The average Bonchev–Trinajstić information content (AvgIpc) is 2.48. The van der Waals surface area contributed by atoms with E-state index in [0.29, 0.717) is 11.3 Å². The molecule has 0 atom stereocenters. The summed E-state index contributed by atoms with van der Waals surface area (Å²) in [5, 5.41) is 0. The monoisotopic (exact) mass is 253 g/mol. The lowest BCUT2D eigenvalue weighted by molar-refractivity contribution is 0.0937. The number of amides is 1. The summed E-state index contributed by atoms with van der Waals surface area (Å²) in [5.74, 6) is 0.687. The fourth-order valence-electron chi connectivity index (χ4n) is 2.22. The maximum absolute atomic E-state index is 12.5. The highest BCUT2D eigenvalue weighted by atomic mass is 16.5. The molecule has 3 heteroatoms. The number of benzene rings is 2. The molecule has 2 aromatic carbocycles. The standard InChI is InChI=1S/C16H15NO2/c1-2-12-8-9-14-15(10-12)19-11-17(16(14)18)13-6-4-3-5-7-13/h3-10H,2,11H2,1H3. The fraction of sp³-hybridized carbons (Fsp3) is 0.188. The van der Waals surface area contributed by atoms with Gasteiger partial charge in [0.15, 0.2) is 6.73 Å². The van der Waals surface area contributed by atoms with Crippen LogP contribution in [0, 0.1) is 0 Å². The van der Waals surface area contributed by atoms with Gasteiger partial charge in [-0.15, -0.1) is 0 Å². The second kappa shape index (κ2) is 4.76. The van der Waals surface area contributed by atoms with Gasteiger partial charge < -0.3 is 4.74 Å². The van der Waals surface area contributed by atoms with E-state index in [-0.39, 0.29) is 12.6 Å². The molecule has 3 rings (SSSR count). The minimum atomic E-state index is -0.00453. The predicted octanol–water partition coefficient (Wildman–Crippen LogP) is 3.25. The quantitative estimate of drug-likeness (QED) is 0.822. The summed E-state index contributed by atoms with van der Waals surface area (Å²) in [5.41, 5.74) is 2.67. The van der Waals surface area contributed by atoms with Crippen molar-refractivity contribution in [3.8, 4) is 5.75 Å². The van der Waals surface area contributed by atoms with Crippen LogP contribution in [0.3, 0.4) is 0 Å². The number of aryl methyl sites for hydroxylation is 1. The summed E-state index contributed by atoms with van der Waals surface area (Å²) < 4.78 is 5.71. The topological polar surface area (TPSA) is 29.5 Å². The van der Waals surface area contributed by atoms with E-state index in [2.05, 4.69) is 6.92 Å². The number of fused-ring (bicyclic) bond motifs is 1. The first-order chi connectivity index (χ1) is 9.29. The van der Waals surface area contributed by atoms with Crippen molar-refractivity contribution in [3.05, 3.63) is 59.7 Å². The third kappa shape index (κ3) is 2.08. The van der Waals surface area contributed by atoms with Gasteiger partial charge >= 0.3 is 0 Å². The Morgan fingerprint density at radius 1 is 1.16 bits per heavy atom. The summed E-state index contributed by atoms with van der Waals surface area (Å²) >= 11 is 0. The van der Waals surface area contributed by atoms with Crippen LogP contribution in [0.4, 0.5) is 5.69 Å². The predicted molar refractivity (Wildman–Crippen MR) is 74.6 cm³/mol. The number of nitrogens with zero attached hydrogens (tertiary/aromatic N) is 1. The highest BCUT2D eigenvalue weighted by Crippen LogP contribution is 2.29. The van der Waals surface area contributed by atoms with Crippen molar-refractivity contribution in [2.45, 2.75) is 13.3 Å². The number of para-hydroxylation sites is 1. The van der Waals surface area contributed by atoms with E-state index in [1.807, 2.05) is 48.5 Å². The molecule has 0 N–H and O–H groups in total. The van der Waals surface area contributed by atoms with E-state index in [4.69, 9.17) is 4.74 Å². The molecule has 0 saturated carbocycles. The van der Waals surface area contributed by atoms with Gasteiger partial charge in [0.2, 0.25) is 0 Å². The molecule has 0 spiro atoms. The van der Waals surface area contributed by atoms with Crippen LogP contribution in [0.5, 0.6) is 5.75 Å². The van der Waals surface area contributed by atoms with Crippen LogP contribution in [-0.4, -0.2) is 12.6 Å². The molecule has 1 aliphatic rings. The van der Waals surface area contributed by atoms with Gasteiger partial charge in [-0.2, -0.15) is 0 Å². The number of carbonyl (C=O) groups is 1. The maximum atomic E-state index is 12.5. The van der Waals surface area contributed by atoms with Crippen molar-refractivity contribution in [3.63, 3.8) is 0 Å². The minimum Gasteiger partial charge on any atom is -0.472 e. The Morgan fingerprint density at radius 2 is 1.95 bits per heavy atom. The van der Waals surface area contributed by atoms with Crippen LogP contribution >= 0.6 is 0 Å². The van der Waals surface area contributed by atoms with E-state index in [9.17, 15) is 4.79 Å². The van der Waals surface area contributed by atoms with Crippen LogP contribution in [0.1, 0.15) is 22.8 Å². The largest absolute Gasteiger partial charge is 0.472 e. The smallest absolute Gasteiger partial charge is 0.264 e. The lowest BCUT2D eigenvalue weighted by Crippen LogP contribution is -2.38. The van der Waals surface area contributed by atoms with E-state index in [1.54, 1.807) is 4.90 Å². The molecule has 1 aliphatic heterocycles. The molecule has 0 aromatic heterocycles. The Balaban J connectivity index is 1.97. The van der Waals surface area contributed by atoms with Gasteiger partial charge in [-0.1, -0.05) is 31.2 Å². The highest BCUT2D eigenvalue weighted by molar-refractivity contribution is 6.08. The molecule has 0 bridgehead atoms. The molecule has 1 amide bonds. The molecule has 0 aliphatic carbocycles. The normalized spacial score (nSPS) is 13.9. The molecule has 19 heavy (non-hydrogen) atoms. The zero-order valence-corrected chi connectivity index (χ0v) is 10.8. The van der Waals surface area contributed by atoms with Gasteiger partial charge in [0, 0.05) is 5.69 Å². The van der Waals surface area contributed by atoms with Gasteiger partial charge in [0.1, 0.15) is 5.75 Å². The van der Waals surface area contributed by atoms with E-state index in [1.165, 1.54) is 5.56 Å². The maximum Gasteiger partial charge on any atom is 0.264 e. The Bertz CT molecular complexity index is 607. The van der Waals surface area contributed by atoms with Crippen molar-refractivity contribution in [2.24, 2.45) is 0 Å². The van der Waals surface area contributed by atoms with E-state index >= 15 is 0 Å². The second-order valence-corrected chi connectivity index (χ2v) is 4.53. The van der Waals surface area contributed by atoms with Crippen LogP contribution in [0.2, 0.25) is 0 Å². The summed E-state index contributed by atoms with van der Waals surface area (Å²) in [6.07, 6.45) is 0.938. The third-order valence-corrected chi connectivity index (χ3v) is 3.35. The van der Waals surface area contributed by atoms with E-state index < -0.39 is 0 Å². The van der Waals surface area contributed by atoms with Gasteiger partial charge in [0.25, 0.3) is 5.91 Å². The van der Waals surface area contributed by atoms with Crippen LogP contribution in [-0.2, 0) is 6.42 Å². The summed E-state index contributed by atoms with van der Waals surface area (Å²) in [4.78, 5) is 14.1. The first kappa shape index (κ1) is 11.8. The lowest BCUT2D eigenvalue weighted by Gasteiger charge is -2.29. The number of anilines is 1. The van der Waals surface area contributed by atoms with Crippen molar-refractivity contribution >= 4 is 11.6 Å². The number of hydrogen-bond donors (Lipinski definition) is 0. The van der Waals surface area contributed by atoms with Crippen molar-refractivity contribution < 1.29 is 9.53 Å². The summed E-state index contributed by atoms with van der Waals surface area (Å²) in [6.45, 7) is 2.35. The zero-order chi connectivity index (χ0) is 13.2. The molecular formula is C16H15NO2. The van der Waals surface area contributed by atoms with Crippen LogP contribution in [0.15, 0.2) is 48.5 Å². The van der Waals surface area contributed by atoms with Gasteiger partial charge in [-0.25, -0.2) is 0 Å². The number of hydrogen-bond acceptors (Lipinski definition) is 2. The SMILES string of the molecule is CCc1ccc2c(c1)OCN(c1ccccc1)C2=O. The molecular weight excluding hydrogens is 238 g/mol. The average molecular weight is 253 g/mol. The molecule has 0 unspecified atom stereocenters. The molecule has 3 nitrogen and oxygen atoms in total. The fourth-order valence-corrected chi connectivity index (χ4v) is 2.22. The van der Waals surface area contributed by atoms with Gasteiger partial charge in [0.05, 0.1) is 5.56 Å². The Labute approximate surface area is 112 Å². The Morgan fingerprint density at radius 3 is 2.68 bits per heavy atom.